The van der Waals surface area contributed by atoms with Gasteiger partial charge in [-0.3, -0.25) is 0 Å². The molecule has 0 unspecified atom stereocenters. The lowest BCUT2D eigenvalue weighted by molar-refractivity contribution is -0.289. The summed E-state index contributed by atoms with van der Waals surface area (Å²) in [6.45, 7) is 1.51. The number of phenolic OH excluding ortho intramolecular Hbond substituents is 1. The fraction of sp³-hybridized carbons (Fsp3) is 0.381. The molecule has 4 rings (SSSR count). The topological polar surface area (TPSA) is 36.4 Å². The van der Waals surface area contributed by atoms with Crippen LogP contribution in [0.15, 0.2) is 41.9 Å². The number of thiazole rings is 1. The number of aromatic nitrogens is 1. The van der Waals surface area contributed by atoms with Gasteiger partial charge in [-0.1, -0.05) is 24.3 Å². The van der Waals surface area contributed by atoms with Crippen molar-refractivity contribution in [2.45, 2.75) is 31.4 Å². The van der Waals surface area contributed by atoms with Crippen LogP contribution in [0.1, 0.15) is 24.0 Å². The van der Waals surface area contributed by atoms with Crippen LogP contribution in [0.2, 0.25) is 0 Å². The number of hydrogen-bond donors (Lipinski definition) is 1. The Morgan fingerprint density at radius 1 is 1.03 bits per heavy atom. The molecule has 1 aromatic heterocycles. The SMILES string of the molecule is Oc1cc(N2CCC(Cc3ccc(C(F)(F)C(F)(F)F)cc3)CC2)c2ncsc2c1. The molecule has 1 N–H and O–H groups in total. The lowest BCUT2D eigenvalue weighted by Crippen LogP contribution is -2.34. The van der Waals surface area contributed by atoms with Crippen molar-refractivity contribution in [2.75, 3.05) is 18.0 Å². The van der Waals surface area contributed by atoms with Gasteiger partial charge in [-0.25, -0.2) is 4.98 Å². The van der Waals surface area contributed by atoms with E-state index >= 15 is 0 Å². The van der Waals surface area contributed by atoms with E-state index in [0.29, 0.717) is 12.3 Å². The minimum Gasteiger partial charge on any atom is -0.508 e. The number of aromatic hydroxyl groups is 1. The van der Waals surface area contributed by atoms with Gasteiger partial charge < -0.3 is 10.0 Å². The Bertz CT molecular complexity index is 1020. The normalized spacial score (nSPS) is 16.4. The molecule has 0 spiro atoms. The summed E-state index contributed by atoms with van der Waals surface area (Å²) in [7, 11) is 0. The van der Waals surface area contributed by atoms with Gasteiger partial charge >= 0.3 is 12.1 Å². The van der Waals surface area contributed by atoms with Gasteiger partial charge in [0.2, 0.25) is 0 Å². The first-order chi connectivity index (χ1) is 14.1. The molecule has 30 heavy (non-hydrogen) atoms. The maximum Gasteiger partial charge on any atom is 0.458 e. The van der Waals surface area contributed by atoms with E-state index in [1.807, 2.05) is 0 Å². The smallest absolute Gasteiger partial charge is 0.458 e. The summed E-state index contributed by atoms with van der Waals surface area (Å²) in [6, 6.07) is 7.84. The standard InChI is InChI=1S/C21H19F5N2OS/c22-20(23,21(24,25)26)15-3-1-13(2-4-15)9-14-5-7-28(8-6-14)17-10-16(29)11-18-19(17)27-12-30-18/h1-4,10-12,14,29H,5-9H2. The van der Waals surface area contributed by atoms with E-state index in [1.165, 1.54) is 23.5 Å². The molecule has 2 heterocycles. The maximum absolute atomic E-state index is 13.4. The number of phenols is 1. The van der Waals surface area contributed by atoms with Crippen molar-refractivity contribution in [3.63, 3.8) is 0 Å². The Hall–Kier alpha value is -2.42. The number of hydrogen-bond acceptors (Lipinski definition) is 4. The van der Waals surface area contributed by atoms with Crippen LogP contribution in [-0.2, 0) is 12.3 Å². The van der Waals surface area contributed by atoms with Gasteiger partial charge in [-0.05, 0) is 36.8 Å². The zero-order valence-electron chi connectivity index (χ0n) is 15.8. The first-order valence-corrected chi connectivity index (χ1v) is 10.4. The van der Waals surface area contributed by atoms with Crippen LogP contribution in [0.5, 0.6) is 5.75 Å². The Morgan fingerprint density at radius 3 is 2.33 bits per heavy atom. The molecule has 160 valence electrons. The highest BCUT2D eigenvalue weighted by Crippen LogP contribution is 2.44. The quantitative estimate of drug-likeness (QED) is 0.495. The van der Waals surface area contributed by atoms with Crippen LogP contribution >= 0.6 is 11.3 Å². The Balaban J connectivity index is 1.40. The van der Waals surface area contributed by atoms with Crippen LogP contribution in [0.25, 0.3) is 10.2 Å². The molecule has 0 atom stereocenters. The molecular weight excluding hydrogens is 423 g/mol. The van der Waals surface area contributed by atoms with Crippen molar-refractivity contribution in [3.8, 4) is 5.75 Å². The zero-order chi connectivity index (χ0) is 21.5. The average Bonchev–Trinajstić information content (AvgIpc) is 3.16. The number of nitrogens with zero attached hydrogens (tertiary/aromatic N) is 2. The fourth-order valence-corrected chi connectivity index (χ4v) is 4.63. The van der Waals surface area contributed by atoms with E-state index in [9.17, 15) is 27.1 Å². The van der Waals surface area contributed by atoms with Gasteiger partial charge in [0.25, 0.3) is 0 Å². The largest absolute Gasteiger partial charge is 0.508 e. The first-order valence-electron chi connectivity index (χ1n) is 9.50. The molecule has 0 saturated carbocycles. The van der Waals surface area contributed by atoms with Gasteiger partial charge in [0.05, 0.1) is 15.9 Å². The second-order valence-corrected chi connectivity index (χ2v) is 8.45. The Morgan fingerprint density at radius 2 is 1.70 bits per heavy atom. The number of alkyl halides is 5. The molecule has 1 aliphatic rings. The average molecular weight is 442 g/mol. The Labute approximate surface area is 173 Å². The fourth-order valence-electron chi connectivity index (χ4n) is 3.90. The molecule has 3 nitrogen and oxygen atoms in total. The van der Waals surface area contributed by atoms with Gasteiger partial charge in [0, 0.05) is 24.7 Å². The molecular formula is C21H19F5N2OS. The molecule has 1 fully saturated rings. The molecule has 0 bridgehead atoms. The summed E-state index contributed by atoms with van der Waals surface area (Å²) >= 11 is 1.46. The molecule has 3 aromatic rings. The lowest BCUT2D eigenvalue weighted by atomic mass is 9.89. The van der Waals surface area contributed by atoms with Gasteiger partial charge in [-0.15, -0.1) is 11.3 Å². The summed E-state index contributed by atoms with van der Waals surface area (Å²) in [4.78, 5) is 6.56. The Kier molecular flexibility index (Phi) is 5.34. The van der Waals surface area contributed by atoms with Crippen LogP contribution in [0.3, 0.4) is 0 Å². The van der Waals surface area contributed by atoms with Crippen molar-refractivity contribution in [3.05, 3.63) is 53.0 Å². The summed E-state index contributed by atoms with van der Waals surface area (Å²) < 4.78 is 65.3. The summed E-state index contributed by atoms with van der Waals surface area (Å²) in [5, 5.41) is 9.97. The van der Waals surface area contributed by atoms with Crippen molar-refractivity contribution in [2.24, 2.45) is 5.92 Å². The predicted molar refractivity (Wildman–Crippen MR) is 106 cm³/mol. The highest BCUT2D eigenvalue weighted by molar-refractivity contribution is 7.16. The first kappa shape index (κ1) is 20.8. The summed E-state index contributed by atoms with van der Waals surface area (Å²) in [5.74, 6) is -4.35. The van der Waals surface area contributed by atoms with E-state index in [1.54, 1.807) is 17.6 Å². The second kappa shape index (κ2) is 7.68. The third-order valence-electron chi connectivity index (χ3n) is 5.55. The van der Waals surface area contributed by atoms with E-state index in [2.05, 4.69) is 9.88 Å². The van der Waals surface area contributed by atoms with Crippen molar-refractivity contribution >= 4 is 27.2 Å². The van der Waals surface area contributed by atoms with Crippen LogP contribution < -0.4 is 4.90 Å². The number of piperidine rings is 1. The van der Waals surface area contributed by atoms with Crippen LogP contribution in [-0.4, -0.2) is 29.4 Å². The monoisotopic (exact) mass is 442 g/mol. The van der Waals surface area contributed by atoms with Crippen LogP contribution in [0.4, 0.5) is 27.6 Å². The third kappa shape index (κ3) is 3.95. The molecule has 1 aliphatic heterocycles. The molecule has 0 radical (unpaired) electrons. The van der Waals surface area contributed by atoms with E-state index in [0.717, 1.165) is 59.5 Å². The number of fused-ring (bicyclic) bond motifs is 1. The molecule has 0 amide bonds. The number of halogens is 5. The molecule has 9 heteroatoms. The minimum absolute atomic E-state index is 0.194. The van der Waals surface area contributed by atoms with Crippen molar-refractivity contribution in [1.29, 1.82) is 0 Å². The number of benzene rings is 2. The number of rotatable bonds is 4. The second-order valence-electron chi connectivity index (χ2n) is 7.57. The molecule has 0 aliphatic carbocycles. The van der Waals surface area contributed by atoms with Crippen molar-refractivity contribution in [1.82, 2.24) is 4.98 Å². The van der Waals surface area contributed by atoms with E-state index in [4.69, 9.17) is 0 Å². The van der Waals surface area contributed by atoms with Gasteiger partial charge in [0.15, 0.2) is 0 Å². The minimum atomic E-state index is -5.60. The number of anilines is 1. The molecule has 2 aromatic carbocycles. The summed E-state index contributed by atoms with van der Waals surface area (Å²) in [6.07, 6.45) is -3.28. The van der Waals surface area contributed by atoms with Gasteiger partial charge in [-0.2, -0.15) is 22.0 Å². The maximum atomic E-state index is 13.4. The zero-order valence-corrected chi connectivity index (χ0v) is 16.6. The van der Waals surface area contributed by atoms with E-state index in [-0.39, 0.29) is 5.75 Å². The highest BCUT2D eigenvalue weighted by atomic mass is 32.1. The van der Waals surface area contributed by atoms with Gasteiger partial charge in [0.1, 0.15) is 11.3 Å². The highest BCUT2D eigenvalue weighted by Gasteiger charge is 2.58. The molecule has 1 saturated heterocycles. The predicted octanol–water partition coefficient (Wildman–Crippen LogP) is 6.12. The summed E-state index contributed by atoms with van der Waals surface area (Å²) in [5.41, 5.74) is 3.20. The van der Waals surface area contributed by atoms with Crippen molar-refractivity contribution < 1.29 is 27.1 Å². The lowest BCUT2D eigenvalue weighted by Gasteiger charge is -2.34. The third-order valence-corrected chi connectivity index (χ3v) is 6.33. The van der Waals surface area contributed by atoms with Crippen LogP contribution in [0, 0.1) is 5.92 Å². The van der Waals surface area contributed by atoms with E-state index < -0.39 is 17.7 Å².